The number of carbonyl (C=O) groups is 4. The number of carbonyl (C=O) groups excluding carboxylic acids is 4. The second-order valence-corrected chi connectivity index (χ2v) is 13.2. The van der Waals surface area contributed by atoms with Gasteiger partial charge in [0.25, 0.3) is 0 Å². The van der Waals surface area contributed by atoms with Crippen molar-refractivity contribution in [3.8, 4) is 5.75 Å². The van der Waals surface area contributed by atoms with E-state index in [1.54, 1.807) is 34.1 Å². The molecule has 0 unspecified atom stereocenters. The summed E-state index contributed by atoms with van der Waals surface area (Å²) in [6.45, 7) is 10.6. The average molecular weight is 688 g/mol. The van der Waals surface area contributed by atoms with Crippen LogP contribution in [0, 0.1) is 11.8 Å². The Morgan fingerprint density at radius 2 is 1.34 bits per heavy atom. The van der Waals surface area contributed by atoms with E-state index in [2.05, 4.69) is 13.2 Å². The van der Waals surface area contributed by atoms with E-state index in [9.17, 15) is 19.2 Å². The molecule has 0 aliphatic carbocycles. The van der Waals surface area contributed by atoms with Crippen LogP contribution in [0.5, 0.6) is 5.75 Å². The molecule has 2 aromatic carbocycles. The number of nitrogens with zero attached hydrogens (tertiary/aromatic N) is 3. The molecule has 3 amide bonds. The lowest BCUT2D eigenvalue weighted by Crippen LogP contribution is -2.48. The number of allylic oxidation sites excluding steroid dienone is 2. The summed E-state index contributed by atoms with van der Waals surface area (Å²) < 4.78 is 11.5. The minimum absolute atomic E-state index is 0.0432. The van der Waals surface area contributed by atoms with Crippen molar-refractivity contribution in [3.63, 3.8) is 0 Å². The molecule has 2 saturated heterocycles. The lowest BCUT2D eigenvalue weighted by molar-refractivity contribution is -0.155. The third kappa shape index (κ3) is 11.6. The number of amides is 3. The Morgan fingerprint density at radius 1 is 0.780 bits per heavy atom. The number of aliphatic hydroxyl groups is 1. The van der Waals surface area contributed by atoms with Gasteiger partial charge in [0.05, 0.1) is 24.5 Å². The monoisotopic (exact) mass is 687 g/mol. The topological polar surface area (TPSA) is 117 Å². The van der Waals surface area contributed by atoms with Gasteiger partial charge in [-0.1, -0.05) is 54.6 Å². The van der Waals surface area contributed by atoms with Crippen LogP contribution in [-0.4, -0.2) is 95.5 Å². The van der Waals surface area contributed by atoms with Crippen molar-refractivity contribution in [1.29, 1.82) is 0 Å². The first kappa shape index (κ1) is 38.4. The van der Waals surface area contributed by atoms with Gasteiger partial charge in [-0.3, -0.25) is 19.2 Å². The first-order valence-corrected chi connectivity index (χ1v) is 17.9. The highest BCUT2D eigenvalue weighted by molar-refractivity contribution is 5.86. The minimum Gasteiger partial charge on any atom is -0.491 e. The zero-order chi connectivity index (χ0) is 35.7. The molecule has 0 radical (unpaired) electrons. The van der Waals surface area contributed by atoms with Crippen LogP contribution in [0.3, 0.4) is 0 Å². The third-order valence-electron chi connectivity index (χ3n) is 9.44. The summed E-state index contributed by atoms with van der Waals surface area (Å²) in [5.74, 6) is -1.57. The third-order valence-corrected chi connectivity index (χ3v) is 9.44. The zero-order valence-electron chi connectivity index (χ0n) is 29.3. The predicted octanol–water partition coefficient (Wildman–Crippen LogP) is 4.95. The van der Waals surface area contributed by atoms with Gasteiger partial charge in [-0.05, 0) is 68.2 Å². The number of hydrogen-bond acceptors (Lipinski definition) is 7. The Balaban J connectivity index is 1.62. The molecule has 2 aliphatic rings. The quantitative estimate of drug-likeness (QED) is 0.155. The summed E-state index contributed by atoms with van der Waals surface area (Å²) in [5, 5.41) is 9.16. The van der Waals surface area contributed by atoms with Crippen LogP contribution in [0.2, 0.25) is 0 Å². The van der Waals surface area contributed by atoms with E-state index >= 15 is 0 Å². The molecule has 4 rings (SSSR count). The summed E-state index contributed by atoms with van der Waals surface area (Å²) in [4.78, 5) is 59.9. The Hall–Kier alpha value is -4.44. The average Bonchev–Trinajstić information content (AvgIpc) is 3.88. The van der Waals surface area contributed by atoms with Crippen molar-refractivity contribution in [1.82, 2.24) is 14.7 Å². The summed E-state index contributed by atoms with van der Waals surface area (Å²) >= 11 is 0. The highest BCUT2D eigenvalue weighted by Crippen LogP contribution is 2.25. The Kier molecular flexibility index (Phi) is 15.6. The predicted molar refractivity (Wildman–Crippen MR) is 192 cm³/mol. The Labute approximate surface area is 296 Å². The first-order chi connectivity index (χ1) is 24.3. The number of aliphatic hydroxyl groups excluding tert-OH is 1. The second kappa shape index (κ2) is 20.3. The number of esters is 1. The molecule has 1 N–H and O–H groups in total. The van der Waals surface area contributed by atoms with Crippen LogP contribution in [0.25, 0.3) is 0 Å². The minimum atomic E-state index is -0.680. The molecule has 0 aromatic heterocycles. The molecule has 0 saturated carbocycles. The second-order valence-electron chi connectivity index (χ2n) is 13.2. The molecule has 10 heteroatoms. The molecule has 2 heterocycles. The summed E-state index contributed by atoms with van der Waals surface area (Å²) in [6.07, 6.45) is 8.26. The van der Waals surface area contributed by atoms with E-state index in [0.29, 0.717) is 51.2 Å². The van der Waals surface area contributed by atoms with Crippen LogP contribution in [0.15, 0.2) is 79.9 Å². The molecule has 50 heavy (non-hydrogen) atoms. The number of rotatable bonds is 20. The van der Waals surface area contributed by atoms with E-state index in [-0.39, 0.29) is 56.9 Å². The first-order valence-electron chi connectivity index (χ1n) is 17.9. The van der Waals surface area contributed by atoms with Crippen molar-refractivity contribution in [2.45, 2.75) is 70.4 Å². The summed E-state index contributed by atoms with van der Waals surface area (Å²) in [5.41, 5.74) is 1.78. The van der Waals surface area contributed by atoms with Gasteiger partial charge in [0.2, 0.25) is 17.7 Å². The van der Waals surface area contributed by atoms with Crippen LogP contribution < -0.4 is 4.74 Å². The van der Waals surface area contributed by atoms with Gasteiger partial charge in [0, 0.05) is 45.6 Å². The van der Waals surface area contributed by atoms with Crippen molar-refractivity contribution in [3.05, 3.63) is 91.0 Å². The SMILES string of the molecule is C=CC[C@H](CC(=O)N1CCCC1)C(=O)OC[C@H](Cc1ccccc1)N(Cc1ccc(OCCO)cc1)C(=O)[C@H](CC=C)CC(=O)N1CCCC1. The highest BCUT2D eigenvalue weighted by atomic mass is 16.5. The number of benzene rings is 2. The highest BCUT2D eigenvalue weighted by Gasteiger charge is 2.34. The maximum Gasteiger partial charge on any atom is 0.309 e. The maximum atomic E-state index is 14.7. The molecular weight excluding hydrogens is 634 g/mol. The molecule has 0 bridgehead atoms. The van der Waals surface area contributed by atoms with Gasteiger partial charge in [0.1, 0.15) is 19.0 Å². The van der Waals surface area contributed by atoms with Crippen molar-refractivity contribution in [2.24, 2.45) is 11.8 Å². The molecule has 270 valence electrons. The molecule has 2 fully saturated rings. The van der Waals surface area contributed by atoms with Crippen LogP contribution in [0.4, 0.5) is 0 Å². The van der Waals surface area contributed by atoms with Gasteiger partial charge in [-0.15, -0.1) is 13.2 Å². The van der Waals surface area contributed by atoms with Crippen molar-refractivity contribution in [2.75, 3.05) is 46.0 Å². The van der Waals surface area contributed by atoms with Crippen molar-refractivity contribution < 1.29 is 33.8 Å². The summed E-state index contributed by atoms with van der Waals surface area (Å²) in [6, 6.07) is 16.4. The maximum absolute atomic E-state index is 14.7. The standard InChI is InChI=1S/C40H53N3O7/c1-3-12-33(27-37(45)41-20-8-9-21-41)39(47)43(29-32-16-18-36(19-17-32)49-25-24-44)35(26-31-14-6-5-7-15-31)30-50-40(48)34(13-4-2)28-38(46)42-22-10-11-23-42/h3-7,14-19,33-35,44H,1-2,8-13,20-30H2/t33-,34-,35+/m1/s1. The van der Waals surface area contributed by atoms with Gasteiger partial charge < -0.3 is 29.3 Å². The zero-order valence-corrected chi connectivity index (χ0v) is 29.3. The fourth-order valence-electron chi connectivity index (χ4n) is 6.66. The fourth-order valence-corrected chi connectivity index (χ4v) is 6.66. The normalized spacial score (nSPS) is 15.9. The Morgan fingerprint density at radius 3 is 1.90 bits per heavy atom. The van der Waals surface area contributed by atoms with Crippen molar-refractivity contribution >= 4 is 23.7 Å². The molecule has 0 spiro atoms. The lowest BCUT2D eigenvalue weighted by atomic mass is 9.95. The van der Waals surface area contributed by atoms with Crippen LogP contribution in [-0.2, 0) is 36.9 Å². The van der Waals surface area contributed by atoms with E-state index in [4.69, 9.17) is 14.6 Å². The van der Waals surface area contributed by atoms with Crippen LogP contribution >= 0.6 is 0 Å². The molecular formula is C40H53N3O7. The van der Waals surface area contributed by atoms with Gasteiger partial charge in [-0.25, -0.2) is 0 Å². The smallest absolute Gasteiger partial charge is 0.309 e. The number of ether oxygens (including phenoxy) is 2. The fraction of sp³-hybridized carbons (Fsp3) is 0.500. The van der Waals surface area contributed by atoms with Gasteiger partial charge in [0.15, 0.2) is 0 Å². The number of hydrogen-bond donors (Lipinski definition) is 1. The number of likely N-dealkylation sites (tertiary alicyclic amines) is 2. The largest absolute Gasteiger partial charge is 0.491 e. The van der Waals surface area contributed by atoms with Crippen LogP contribution in [0.1, 0.15) is 62.5 Å². The molecule has 2 aromatic rings. The van der Waals surface area contributed by atoms with E-state index in [1.165, 1.54) is 0 Å². The molecule has 3 atom stereocenters. The van der Waals surface area contributed by atoms with E-state index in [0.717, 1.165) is 36.8 Å². The molecule has 10 nitrogen and oxygen atoms in total. The van der Waals surface area contributed by atoms with Gasteiger partial charge in [-0.2, -0.15) is 0 Å². The Bertz CT molecular complexity index is 1400. The molecule has 2 aliphatic heterocycles. The summed E-state index contributed by atoms with van der Waals surface area (Å²) in [7, 11) is 0. The van der Waals surface area contributed by atoms with E-state index in [1.807, 2.05) is 47.4 Å². The van der Waals surface area contributed by atoms with E-state index < -0.39 is 23.8 Å². The lowest BCUT2D eigenvalue weighted by Gasteiger charge is -2.35. The van der Waals surface area contributed by atoms with Gasteiger partial charge >= 0.3 is 5.97 Å².